The molecular formula is C25H32N2O3S. The van der Waals surface area contributed by atoms with Crippen molar-refractivity contribution in [3.05, 3.63) is 60.2 Å². The number of carbonyl (C=O) groups excluding carboxylic acids is 2. The van der Waals surface area contributed by atoms with Gasteiger partial charge >= 0.3 is 0 Å². The van der Waals surface area contributed by atoms with Crippen molar-refractivity contribution in [2.75, 3.05) is 12.9 Å². The van der Waals surface area contributed by atoms with Gasteiger partial charge in [-0.2, -0.15) is 0 Å². The zero-order valence-corrected chi connectivity index (χ0v) is 19.2. The lowest BCUT2D eigenvalue weighted by atomic mass is 10.1. The van der Waals surface area contributed by atoms with Crippen LogP contribution in [0.5, 0.6) is 5.75 Å². The lowest BCUT2D eigenvalue weighted by molar-refractivity contribution is -0.140. The number of nitrogens with one attached hydrogen (secondary N) is 1. The van der Waals surface area contributed by atoms with Crippen molar-refractivity contribution in [3.63, 3.8) is 0 Å². The summed E-state index contributed by atoms with van der Waals surface area (Å²) in [4.78, 5) is 28.9. The molecule has 1 N–H and O–H groups in total. The number of methoxy groups -OCH3 is 1. The largest absolute Gasteiger partial charge is 0.497 e. The molecule has 1 fully saturated rings. The molecule has 0 spiro atoms. The molecule has 1 aliphatic carbocycles. The predicted octanol–water partition coefficient (Wildman–Crippen LogP) is 4.65. The fourth-order valence-corrected chi connectivity index (χ4v) is 4.68. The number of nitrogens with zero attached hydrogens (tertiary/aromatic N) is 1. The van der Waals surface area contributed by atoms with E-state index in [9.17, 15) is 9.59 Å². The van der Waals surface area contributed by atoms with Crippen LogP contribution < -0.4 is 10.1 Å². The summed E-state index contributed by atoms with van der Waals surface area (Å²) < 4.78 is 5.23. The molecule has 0 bridgehead atoms. The van der Waals surface area contributed by atoms with Crippen LogP contribution in [0.15, 0.2) is 59.5 Å². The lowest BCUT2D eigenvalue weighted by Crippen LogP contribution is -2.49. The average Bonchev–Trinajstić information content (AvgIpc) is 3.31. The molecule has 1 saturated carbocycles. The molecule has 31 heavy (non-hydrogen) atoms. The molecule has 6 heteroatoms. The molecule has 0 aromatic heterocycles. The van der Waals surface area contributed by atoms with Crippen LogP contribution in [0.4, 0.5) is 0 Å². The van der Waals surface area contributed by atoms with E-state index in [4.69, 9.17) is 4.74 Å². The summed E-state index contributed by atoms with van der Waals surface area (Å²) in [7, 11) is 1.63. The summed E-state index contributed by atoms with van der Waals surface area (Å²) in [6.07, 6.45) is 4.75. The quantitative estimate of drug-likeness (QED) is 0.546. The Bertz CT molecular complexity index is 836. The number of carbonyl (C=O) groups is 2. The van der Waals surface area contributed by atoms with Gasteiger partial charge in [0.25, 0.3) is 0 Å². The van der Waals surface area contributed by atoms with Crippen LogP contribution in [0, 0.1) is 0 Å². The second-order valence-corrected chi connectivity index (χ2v) is 9.12. The molecule has 1 atom stereocenters. The summed E-state index contributed by atoms with van der Waals surface area (Å²) in [6, 6.07) is 17.4. The summed E-state index contributed by atoms with van der Waals surface area (Å²) in [5, 5.41) is 3.14. The van der Waals surface area contributed by atoms with E-state index in [1.54, 1.807) is 23.8 Å². The molecule has 2 aromatic rings. The monoisotopic (exact) mass is 440 g/mol. The van der Waals surface area contributed by atoms with Crippen molar-refractivity contribution in [1.82, 2.24) is 10.2 Å². The van der Waals surface area contributed by atoms with E-state index in [-0.39, 0.29) is 17.9 Å². The standard InChI is InChI=1S/C25H32N2O3S/c1-19(25(29)26-21-8-6-7-9-21)27(18-20-12-14-22(30-2)15-13-20)24(28)16-17-31-23-10-4-3-5-11-23/h3-5,10-15,19,21H,6-9,16-18H2,1-2H3,(H,26,29)/t19-/m1/s1. The van der Waals surface area contributed by atoms with Gasteiger partial charge in [-0.05, 0) is 49.6 Å². The number of benzene rings is 2. The van der Waals surface area contributed by atoms with Crippen molar-refractivity contribution in [3.8, 4) is 5.75 Å². The maximum Gasteiger partial charge on any atom is 0.242 e. The Labute approximate surface area is 189 Å². The molecule has 2 aromatic carbocycles. The molecule has 166 valence electrons. The Morgan fingerprint density at radius 3 is 2.42 bits per heavy atom. The number of amides is 2. The topological polar surface area (TPSA) is 58.6 Å². The van der Waals surface area contributed by atoms with Gasteiger partial charge in [0, 0.05) is 29.7 Å². The normalized spacial score (nSPS) is 14.8. The van der Waals surface area contributed by atoms with E-state index >= 15 is 0 Å². The van der Waals surface area contributed by atoms with E-state index in [1.807, 2.05) is 61.5 Å². The number of hydrogen-bond donors (Lipinski definition) is 1. The van der Waals surface area contributed by atoms with Crippen LogP contribution in [0.3, 0.4) is 0 Å². The highest BCUT2D eigenvalue weighted by molar-refractivity contribution is 7.99. The second-order valence-electron chi connectivity index (χ2n) is 7.95. The van der Waals surface area contributed by atoms with Crippen molar-refractivity contribution in [1.29, 1.82) is 0 Å². The molecule has 3 rings (SSSR count). The minimum Gasteiger partial charge on any atom is -0.497 e. The molecule has 5 nitrogen and oxygen atoms in total. The highest BCUT2D eigenvalue weighted by Crippen LogP contribution is 2.21. The second kappa shape index (κ2) is 11.8. The first-order chi connectivity index (χ1) is 15.1. The number of rotatable bonds is 10. The Morgan fingerprint density at radius 2 is 1.77 bits per heavy atom. The van der Waals surface area contributed by atoms with Crippen LogP contribution in [0.2, 0.25) is 0 Å². The van der Waals surface area contributed by atoms with Crippen molar-refractivity contribution in [2.24, 2.45) is 0 Å². The Morgan fingerprint density at radius 1 is 1.10 bits per heavy atom. The third-order valence-electron chi connectivity index (χ3n) is 5.71. The molecule has 0 aliphatic heterocycles. The van der Waals surface area contributed by atoms with E-state index in [0.29, 0.717) is 18.7 Å². The highest BCUT2D eigenvalue weighted by Gasteiger charge is 2.28. The van der Waals surface area contributed by atoms with Gasteiger partial charge < -0.3 is 15.0 Å². The predicted molar refractivity (Wildman–Crippen MR) is 125 cm³/mol. The molecule has 0 radical (unpaired) electrons. The summed E-state index contributed by atoms with van der Waals surface area (Å²) in [6.45, 7) is 2.23. The van der Waals surface area contributed by atoms with Gasteiger partial charge in [-0.1, -0.05) is 43.2 Å². The molecule has 0 saturated heterocycles. The van der Waals surface area contributed by atoms with Crippen LogP contribution in [-0.2, 0) is 16.1 Å². The van der Waals surface area contributed by atoms with E-state index in [0.717, 1.165) is 41.9 Å². The van der Waals surface area contributed by atoms with Crippen molar-refractivity contribution < 1.29 is 14.3 Å². The van der Waals surface area contributed by atoms with Gasteiger partial charge in [0.2, 0.25) is 11.8 Å². The number of hydrogen-bond acceptors (Lipinski definition) is 4. The minimum atomic E-state index is -0.517. The molecule has 0 heterocycles. The van der Waals surface area contributed by atoms with Gasteiger partial charge in [0.15, 0.2) is 0 Å². The maximum atomic E-state index is 13.2. The average molecular weight is 441 g/mol. The summed E-state index contributed by atoms with van der Waals surface area (Å²) in [5.41, 5.74) is 0.977. The Kier molecular flexibility index (Phi) is 8.83. The number of thioether (sulfide) groups is 1. The molecular weight excluding hydrogens is 408 g/mol. The van der Waals surface area contributed by atoms with Gasteiger partial charge in [0.05, 0.1) is 7.11 Å². The Hall–Kier alpha value is -2.47. The minimum absolute atomic E-state index is 0.00618. The zero-order chi connectivity index (χ0) is 22.1. The van der Waals surface area contributed by atoms with Crippen molar-refractivity contribution >= 4 is 23.6 Å². The fraction of sp³-hybridized carbons (Fsp3) is 0.440. The van der Waals surface area contributed by atoms with Gasteiger partial charge in [-0.25, -0.2) is 0 Å². The number of ether oxygens (including phenoxy) is 1. The first kappa shape index (κ1) is 23.2. The van der Waals surface area contributed by atoms with Crippen LogP contribution in [0.25, 0.3) is 0 Å². The van der Waals surface area contributed by atoms with Crippen LogP contribution >= 0.6 is 11.8 Å². The maximum absolute atomic E-state index is 13.2. The first-order valence-electron chi connectivity index (χ1n) is 11.0. The molecule has 2 amide bonds. The first-order valence-corrected chi connectivity index (χ1v) is 12.0. The molecule has 1 aliphatic rings. The molecule has 0 unspecified atom stereocenters. The van der Waals surface area contributed by atoms with E-state index < -0.39 is 6.04 Å². The fourth-order valence-electron chi connectivity index (χ4n) is 3.82. The Balaban J connectivity index is 1.65. The SMILES string of the molecule is COc1ccc(CN(C(=O)CCSc2ccccc2)[C@H](C)C(=O)NC2CCCC2)cc1. The van der Waals surface area contributed by atoms with Crippen LogP contribution in [0.1, 0.15) is 44.6 Å². The van der Waals surface area contributed by atoms with E-state index in [2.05, 4.69) is 5.32 Å². The van der Waals surface area contributed by atoms with Crippen LogP contribution in [-0.4, -0.2) is 41.7 Å². The third-order valence-corrected chi connectivity index (χ3v) is 6.72. The van der Waals surface area contributed by atoms with Gasteiger partial charge in [-0.3, -0.25) is 9.59 Å². The van der Waals surface area contributed by atoms with E-state index in [1.165, 1.54) is 0 Å². The highest BCUT2D eigenvalue weighted by atomic mass is 32.2. The van der Waals surface area contributed by atoms with Crippen molar-refractivity contribution in [2.45, 2.75) is 62.6 Å². The summed E-state index contributed by atoms with van der Waals surface area (Å²) >= 11 is 1.66. The van der Waals surface area contributed by atoms with Gasteiger partial charge in [-0.15, -0.1) is 11.8 Å². The lowest BCUT2D eigenvalue weighted by Gasteiger charge is -2.30. The summed E-state index contributed by atoms with van der Waals surface area (Å²) in [5.74, 6) is 1.38. The smallest absolute Gasteiger partial charge is 0.242 e. The van der Waals surface area contributed by atoms with Gasteiger partial charge in [0.1, 0.15) is 11.8 Å². The zero-order valence-electron chi connectivity index (χ0n) is 18.4. The third kappa shape index (κ3) is 7.03.